The molecule has 0 fully saturated rings. The van der Waals surface area contributed by atoms with Gasteiger partial charge in [0.15, 0.2) is 16.2 Å². The van der Waals surface area contributed by atoms with Crippen molar-refractivity contribution in [3.8, 4) is 17.2 Å². The molecule has 0 radical (unpaired) electrons. The topological polar surface area (TPSA) is 78.9 Å². The Morgan fingerprint density at radius 1 is 0.418 bits per heavy atom. The van der Waals surface area contributed by atoms with Gasteiger partial charge in [0.05, 0.1) is 36.5 Å². The van der Waals surface area contributed by atoms with E-state index in [0.717, 1.165) is 93.7 Å². The Labute approximate surface area is 334 Å². The molecule has 0 amide bonds. The van der Waals surface area contributed by atoms with Crippen LogP contribution in [0.5, 0.6) is 17.2 Å². The van der Waals surface area contributed by atoms with E-state index in [1.807, 2.05) is 64.1 Å². The van der Waals surface area contributed by atoms with E-state index in [0.29, 0.717) is 79.4 Å². The maximum Gasteiger partial charge on any atom is 0.298 e. The molecule has 6 nitrogen and oxygen atoms in total. The zero-order valence-electron chi connectivity index (χ0n) is 35.3. The fraction of sp³-hybridized carbons (Fsp3) is 0.562. The third kappa shape index (κ3) is 11.9. The minimum absolute atomic E-state index is 0.161. The van der Waals surface area contributed by atoms with E-state index in [9.17, 15) is 0 Å². The van der Waals surface area contributed by atoms with Crippen molar-refractivity contribution in [2.45, 2.75) is 157 Å². The summed E-state index contributed by atoms with van der Waals surface area (Å²) in [7, 11) is -4.37. The molecule has 7 heteroatoms. The van der Waals surface area contributed by atoms with Gasteiger partial charge in [0, 0.05) is 0 Å². The van der Waals surface area contributed by atoms with E-state index >= 15 is 14.4 Å². The summed E-state index contributed by atoms with van der Waals surface area (Å²) < 4.78 is 19.5. The summed E-state index contributed by atoms with van der Waals surface area (Å²) in [6.07, 6.45) is 14.8. The molecule has 0 aliphatic carbocycles. The Morgan fingerprint density at radius 3 is 0.982 bits per heavy atom. The van der Waals surface area contributed by atoms with E-state index in [-0.39, 0.29) is 6.04 Å². The zero-order chi connectivity index (χ0) is 40.1. The summed E-state index contributed by atoms with van der Waals surface area (Å²) in [5.74, 6) is 1.51. The minimum Gasteiger partial charge on any atom is -0.493 e. The highest BCUT2D eigenvalue weighted by Crippen LogP contribution is 2.38. The first-order chi connectivity index (χ1) is 26.8. The van der Waals surface area contributed by atoms with Crippen LogP contribution in [0.15, 0.2) is 54.6 Å². The lowest BCUT2D eigenvalue weighted by atomic mass is 10.1. The van der Waals surface area contributed by atoms with Crippen LogP contribution in [0.25, 0.3) is 0 Å². The number of aryl methyl sites for hydroxylation is 3. The third-order valence-electron chi connectivity index (χ3n) is 10.7. The Kier molecular flexibility index (Phi) is 20.5. The average molecular weight is 771 g/mol. The van der Waals surface area contributed by atoms with E-state index in [1.165, 1.54) is 0 Å². The van der Waals surface area contributed by atoms with Crippen molar-refractivity contribution in [3.05, 3.63) is 88.0 Å². The molecular formula is C48H70O6Si. The average Bonchev–Trinajstić information content (AvgIpc) is 3.21. The van der Waals surface area contributed by atoms with Crippen LogP contribution in [0.1, 0.15) is 180 Å². The lowest BCUT2D eigenvalue weighted by Crippen LogP contribution is -2.59. The molecule has 3 aromatic rings. The smallest absolute Gasteiger partial charge is 0.298 e. The van der Waals surface area contributed by atoms with Crippen LogP contribution in [0.3, 0.4) is 0 Å². The largest absolute Gasteiger partial charge is 0.493 e. The zero-order valence-corrected chi connectivity index (χ0v) is 36.3. The molecule has 3 aromatic carbocycles. The highest BCUT2D eigenvalue weighted by atomic mass is 28.3. The van der Waals surface area contributed by atoms with Crippen LogP contribution in [-0.4, -0.2) is 44.1 Å². The molecule has 302 valence electrons. The van der Waals surface area contributed by atoms with Crippen molar-refractivity contribution in [1.29, 1.82) is 0 Å². The van der Waals surface area contributed by atoms with Gasteiger partial charge < -0.3 is 14.2 Å². The van der Waals surface area contributed by atoms with Crippen LogP contribution in [0.4, 0.5) is 0 Å². The number of para-hydroxylation sites is 3. The highest BCUT2D eigenvalue weighted by Gasteiger charge is 2.57. The van der Waals surface area contributed by atoms with E-state index in [1.54, 1.807) is 18.2 Å². The van der Waals surface area contributed by atoms with Gasteiger partial charge in [0.25, 0.3) is 8.07 Å². The number of carbonyl (C=O) groups is 3. The lowest BCUT2D eigenvalue weighted by Gasteiger charge is -2.30. The predicted molar refractivity (Wildman–Crippen MR) is 230 cm³/mol. The molecule has 0 saturated carbocycles. The van der Waals surface area contributed by atoms with Gasteiger partial charge in [-0.2, -0.15) is 0 Å². The van der Waals surface area contributed by atoms with Crippen molar-refractivity contribution in [2.24, 2.45) is 0 Å². The van der Waals surface area contributed by atoms with Gasteiger partial charge in [-0.15, -0.1) is 0 Å². The van der Waals surface area contributed by atoms with Crippen LogP contribution >= 0.6 is 0 Å². The number of carbonyl (C=O) groups excluding carboxylic acids is 3. The molecule has 0 bridgehead atoms. The lowest BCUT2D eigenvalue weighted by molar-refractivity contribution is 0.0976. The first-order valence-electron chi connectivity index (χ1n) is 21.7. The molecule has 0 saturated heterocycles. The monoisotopic (exact) mass is 770 g/mol. The molecule has 3 rings (SSSR count). The van der Waals surface area contributed by atoms with Gasteiger partial charge in [-0.1, -0.05) is 149 Å². The van der Waals surface area contributed by atoms with Crippen LogP contribution in [0.2, 0.25) is 6.04 Å². The predicted octanol–water partition coefficient (Wildman–Crippen LogP) is 12.7. The van der Waals surface area contributed by atoms with Gasteiger partial charge >= 0.3 is 0 Å². The van der Waals surface area contributed by atoms with E-state index in [2.05, 4.69) is 20.8 Å². The summed E-state index contributed by atoms with van der Waals surface area (Å²) in [6, 6.07) is 17.0. The molecule has 0 spiro atoms. The van der Waals surface area contributed by atoms with Gasteiger partial charge in [-0.05, 0) is 79.5 Å². The maximum absolute atomic E-state index is 15.8. The molecule has 0 atom stereocenters. The molecular weight excluding hydrogens is 701 g/mol. The Bertz CT molecular complexity index is 1460. The molecule has 0 heterocycles. The second-order valence-corrected chi connectivity index (χ2v) is 18.5. The molecule has 0 N–H and O–H groups in total. The summed E-state index contributed by atoms with van der Waals surface area (Å²) in [5.41, 5.74) is 3.69. The summed E-state index contributed by atoms with van der Waals surface area (Å²) >= 11 is 0. The second kappa shape index (κ2) is 24.7. The van der Waals surface area contributed by atoms with Gasteiger partial charge in [0.2, 0.25) is 0 Å². The fourth-order valence-electron chi connectivity index (χ4n) is 7.46. The molecule has 0 aromatic heterocycles. The van der Waals surface area contributed by atoms with Crippen molar-refractivity contribution < 1.29 is 28.6 Å². The van der Waals surface area contributed by atoms with Gasteiger partial charge in [0.1, 0.15) is 17.2 Å². The quantitative estimate of drug-likeness (QED) is 0.0517. The number of benzene rings is 3. The maximum atomic E-state index is 15.8. The normalized spacial score (nSPS) is 11.4. The standard InChI is InChI=1S/C48H70O6Si/c1-8-15-18-21-33-52-43-37(12-5)27-24-30-40(43)46(49)55(36-11-4,47(50)41-31-25-28-38(13-6)44(41)53-34-22-19-16-9-2)48(51)42-32-26-29-39(14-7)45(42)54-35-23-20-17-10-3/h24-32H,8-23,33-36H2,1-7H3. The third-order valence-corrected chi connectivity index (χ3v) is 15.1. The fourth-order valence-corrected chi connectivity index (χ4v) is 11.5. The molecule has 0 unspecified atom stereocenters. The van der Waals surface area contributed by atoms with Crippen LogP contribution < -0.4 is 14.2 Å². The van der Waals surface area contributed by atoms with Crippen molar-refractivity contribution in [3.63, 3.8) is 0 Å². The van der Waals surface area contributed by atoms with Crippen LogP contribution in [0, 0.1) is 0 Å². The van der Waals surface area contributed by atoms with Gasteiger partial charge in [-0.25, -0.2) is 0 Å². The number of unbranched alkanes of at least 4 members (excludes halogenated alkanes) is 9. The first-order valence-corrected chi connectivity index (χ1v) is 23.9. The highest BCUT2D eigenvalue weighted by molar-refractivity contribution is 7.43. The number of hydrogen-bond acceptors (Lipinski definition) is 6. The summed E-state index contributed by atoms with van der Waals surface area (Å²) in [5, 5.41) is -1.18. The van der Waals surface area contributed by atoms with E-state index < -0.39 is 24.3 Å². The van der Waals surface area contributed by atoms with Gasteiger partial charge in [-0.3, -0.25) is 14.4 Å². The molecule has 0 aliphatic rings. The Balaban J connectivity index is 2.33. The minimum atomic E-state index is -4.37. The van der Waals surface area contributed by atoms with Crippen LogP contribution in [-0.2, 0) is 19.3 Å². The SMILES string of the molecule is CCCCCCOc1c(CC)cccc1C(=O)[Si](CCC)(C(=O)c1cccc(CC)c1OCCCCCC)C(=O)c1cccc(CC)c1OCCCCCC. The van der Waals surface area contributed by atoms with E-state index in [4.69, 9.17) is 14.2 Å². The Hall–Kier alpha value is -3.71. The number of hydrogen-bond donors (Lipinski definition) is 0. The number of ether oxygens (including phenoxy) is 3. The number of rotatable bonds is 29. The van der Waals surface area contributed by atoms with Crippen molar-refractivity contribution in [1.82, 2.24) is 0 Å². The summed E-state index contributed by atoms with van der Waals surface area (Å²) in [6.45, 7) is 16.0. The first kappa shape index (κ1) is 45.7. The van der Waals surface area contributed by atoms with Crippen molar-refractivity contribution in [2.75, 3.05) is 19.8 Å². The summed E-state index contributed by atoms with van der Waals surface area (Å²) in [4.78, 5) is 47.3. The Morgan fingerprint density at radius 2 is 0.727 bits per heavy atom. The second-order valence-electron chi connectivity index (χ2n) is 14.8. The van der Waals surface area contributed by atoms with Crippen molar-refractivity contribution >= 4 is 24.3 Å². The molecule has 55 heavy (non-hydrogen) atoms. The molecule has 0 aliphatic heterocycles.